The van der Waals surface area contributed by atoms with E-state index in [0.29, 0.717) is 16.5 Å². The number of ether oxygens (including phenoxy) is 1. The van der Waals surface area contributed by atoms with Crippen molar-refractivity contribution in [1.29, 1.82) is 5.26 Å². The van der Waals surface area contributed by atoms with Crippen LogP contribution in [0.2, 0.25) is 5.02 Å². The Morgan fingerprint density at radius 3 is 2.68 bits per heavy atom. The van der Waals surface area contributed by atoms with Crippen molar-refractivity contribution >= 4 is 28.9 Å². The minimum absolute atomic E-state index is 0.0483. The lowest BCUT2D eigenvalue weighted by molar-refractivity contribution is -0.112. The van der Waals surface area contributed by atoms with Crippen LogP contribution in [0.4, 0.5) is 11.4 Å². The van der Waals surface area contributed by atoms with Gasteiger partial charge < -0.3 is 15.4 Å². The molecule has 2 N–H and O–H groups in total. The Balaban J connectivity index is 2.14. The molecule has 0 heterocycles. The summed E-state index contributed by atoms with van der Waals surface area (Å²) >= 11 is 6.03. The number of anilines is 2. The largest absolute Gasteiger partial charge is 0.495 e. The van der Waals surface area contributed by atoms with Gasteiger partial charge >= 0.3 is 0 Å². The van der Waals surface area contributed by atoms with Gasteiger partial charge in [-0.3, -0.25) is 4.79 Å². The van der Waals surface area contributed by atoms with Gasteiger partial charge in [0.05, 0.1) is 12.1 Å². The van der Waals surface area contributed by atoms with Crippen LogP contribution >= 0.6 is 11.6 Å². The number of halogens is 1. The van der Waals surface area contributed by atoms with Crippen molar-refractivity contribution in [3.63, 3.8) is 0 Å². The quantitative estimate of drug-likeness (QED) is 0.615. The number of methoxy groups -OCH3 is 1. The number of rotatable bonds is 5. The van der Waals surface area contributed by atoms with Crippen molar-refractivity contribution in [3.8, 4) is 11.8 Å². The molecule has 0 unspecified atom stereocenters. The number of amides is 1. The summed E-state index contributed by atoms with van der Waals surface area (Å²) in [6.07, 6.45) is 1.39. The maximum absolute atomic E-state index is 12.3. The Morgan fingerprint density at radius 1 is 1.28 bits per heavy atom. The van der Waals surface area contributed by atoms with E-state index in [1.807, 2.05) is 38.1 Å². The van der Waals surface area contributed by atoms with E-state index in [2.05, 4.69) is 10.6 Å². The van der Waals surface area contributed by atoms with Crippen LogP contribution in [0.15, 0.2) is 48.2 Å². The molecule has 25 heavy (non-hydrogen) atoms. The van der Waals surface area contributed by atoms with Crippen molar-refractivity contribution in [2.45, 2.75) is 13.8 Å². The Kier molecular flexibility index (Phi) is 6.04. The summed E-state index contributed by atoms with van der Waals surface area (Å²) in [7, 11) is 1.51. The lowest BCUT2D eigenvalue weighted by Crippen LogP contribution is -2.14. The first kappa shape index (κ1) is 18.4. The molecule has 0 spiro atoms. The zero-order valence-corrected chi connectivity index (χ0v) is 14.9. The minimum Gasteiger partial charge on any atom is -0.495 e. The number of carbonyl (C=O) groups is 1. The van der Waals surface area contributed by atoms with E-state index in [1.54, 1.807) is 18.2 Å². The van der Waals surface area contributed by atoms with Crippen LogP contribution in [-0.2, 0) is 4.79 Å². The lowest BCUT2D eigenvalue weighted by atomic mass is 10.1. The van der Waals surface area contributed by atoms with Crippen LogP contribution < -0.4 is 15.4 Å². The first-order valence-electron chi connectivity index (χ1n) is 7.54. The molecule has 2 rings (SSSR count). The summed E-state index contributed by atoms with van der Waals surface area (Å²) in [5.74, 6) is -0.0196. The Morgan fingerprint density at radius 2 is 2.04 bits per heavy atom. The predicted molar refractivity (Wildman–Crippen MR) is 99.9 cm³/mol. The van der Waals surface area contributed by atoms with Crippen LogP contribution in [0.1, 0.15) is 11.1 Å². The summed E-state index contributed by atoms with van der Waals surface area (Å²) in [6, 6.07) is 12.5. The zero-order chi connectivity index (χ0) is 18.4. The molecule has 1 amide bonds. The number of nitrogens with zero attached hydrogens (tertiary/aromatic N) is 1. The number of nitriles is 1. The Bertz CT molecular complexity index is 869. The van der Waals surface area contributed by atoms with E-state index in [1.165, 1.54) is 13.3 Å². The van der Waals surface area contributed by atoms with E-state index in [9.17, 15) is 10.1 Å². The highest BCUT2D eigenvalue weighted by molar-refractivity contribution is 6.32. The molecule has 0 fully saturated rings. The maximum Gasteiger partial charge on any atom is 0.267 e. The van der Waals surface area contributed by atoms with Crippen molar-refractivity contribution in [2.24, 2.45) is 0 Å². The van der Waals surface area contributed by atoms with Gasteiger partial charge in [0.15, 0.2) is 0 Å². The molecule has 0 saturated heterocycles. The van der Waals surface area contributed by atoms with Gasteiger partial charge in [-0.2, -0.15) is 5.26 Å². The number of hydrogen-bond acceptors (Lipinski definition) is 4. The maximum atomic E-state index is 12.3. The van der Waals surface area contributed by atoms with Gasteiger partial charge in [-0.1, -0.05) is 23.7 Å². The molecule has 0 atom stereocenters. The van der Waals surface area contributed by atoms with Crippen LogP contribution in [0.25, 0.3) is 0 Å². The molecule has 0 saturated carbocycles. The third-order valence-corrected chi connectivity index (χ3v) is 4.05. The molecule has 0 aromatic heterocycles. The smallest absolute Gasteiger partial charge is 0.267 e. The van der Waals surface area contributed by atoms with Gasteiger partial charge in [0.25, 0.3) is 5.91 Å². The summed E-state index contributed by atoms with van der Waals surface area (Å²) < 4.78 is 5.06. The molecular weight excluding hydrogens is 338 g/mol. The van der Waals surface area contributed by atoms with Gasteiger partial charge in [-0.05, 0) is 49.2 Å². The second kappa shape index (κ2) is 8.22. The van der Waals surface area contributed by atoms with Crippen molar-refractivity contribution in [2.75, 3.05) is 17.7 Å². The SMILES string of the molecule is COc1ccc(NC(=O)/C(C#N)=C\Nc2cccc(C)c2C)cc1Cl. The van der Waals surface area contributed by atoms with E-state index >= 15 is 0 Å². The van der Waals surface area contributed by atoms with Crippen molar-refractivity contribution in [1.82, 2.24) is 0 Å². The van der Waals surface area contributed by atoms with Gasteiger partial charge in [0.1, 0.15) is 17.4 Å². The fraction of sp³-hybridized carbons (Fsp3) is 0.158. The summed E-state index contributed by atoms with van der Waals surface area (Å²) in [4.78, 5) is 12.3. The normalized spacial score (nSPS) is 10.8. The monoisotopic (exact) mass is 355 g/mol. The Labute approximate surface area is 151 Å². The minimum atomic E-state index is -0.526. The first-order valence-corrected chi connectivity index (χ1v) is 7.92. The van der Waals surface area contributed by atoms with Crippen LogP contribution in [-0.4, -0.2) is 13.0 Å². The highest BCUT2D eigenvalue weighted by Gasteiger charge is 2.11. The van der Waals surface area contributed by atoms with Crippen LogP contribution in [0, 0.1) is 25.2 Å². The number of carbonyl (C=O) groups excluding carboxylic acids is 1. The molecule has 0 bridgehead atoms. The van der Waals surface area contributed by atoms with E-state index in [-0.39, 0.29) is 5.57 Å². The molecule has 0 aliphatic carbocycles. The number of nitrogens with one attached hydrogen (secondary N) is 2. The molecule has 128 valence electrons. The third-order valence-electron chi connectivity index (χ3n) is 3.75. The molecular formula is C19H18ClN3O2. The molecule has 5 nitrogen and oxygen atoms in total. The number of benzene rings is 2. The summed E-state index contributed by atoms with van der Waals surface area (Å²) in [6.45, 7) is 3.96. The Hall–Kier alpha value is -2.97. The van der Waals surface area contributed by atoms with Crippen LogP contribution in [0.3, 0.4) is 0 Å². The van der Waals surface area contributed by atoms with Gasteiger partial charge in [-0.25, -0.2) is 0 Å². The second-order valence-electron chi connectivity index (χ2n) is 5.37. The third kappa shape index (κ3) is 4.52. The van der Waals surface area contributed by atoms with Crippen LogP contribution in [0.5, 0.6) is 5.75 Å². The van der Waals surface area contributed by atoms with E-state index in [4.69, 9.17) is 16.3 Å². The second-order valence-corrected chi connectivity index (χ2v) is 5.77. The molecule has 6 heteroatoms. The topological polar surface area (TPSA) is 74.1 Å². The fourth-order valence-electron chi connectivity index (χ4n) is 2.15. The van der Waals surface area contributed by atoms with Gasteiger partial charge in [0.2, 0.25) is 0 Å². The average Bonchev–Trinajstić information content (AvgIpc) is 2.59. The fourth-order valence-corrected chi connectivity index (χ4v) is 2.41. The average molecular weight is 356 g/mol. The van der Waals surface area contributed by atoms with Crippen molar-refractivity contribution < 1.29 is 9.53 Å². The van der Waals surface area contributed by atoms with E-state index in [0.717, 1.165) is 16.8 Å². The molecule has 0 aliphatic rings. The molecule has 2 aromatic rings. The molecule has 0 aliphatic heterocycles. The lowest BCUT2D eigenvalue weighted by Gasteiger charge is -2.09. The highest BCUT2D eigenvalue weighted by Crippen LogP contribution is 2.27. The predicted octanol–water partition coefficient (Wildman–Crippen LogP) is 4.42. The molecule has 2 aromatic carbocycles. The summed E-state index contributed by atoms with van der Waals surface area (Å²) in [5.41, 5.74) is 3.44. The number of hydrogen-bond donors (Lipinski definition) is 2. The van der Waals surface area contributed by atoms with Gasteiger partial charge in [-0.15, -0.1) is 0 Å². The highest BCUT2D eigenvalue weighted by atomic mass is 35.5. The zero-order valence-electron chi connectivity index (χ0n) is 14.2. The molecule has 0 radical (unpaired) electrons. The standard InChI is InChI=1S/C19H18ClN3O2/c1-12-5-4-6-17(13(12)2)22-11-14(10-21)19(24)23-15-7-8-18(25-3)16(20)9-15/h4-9,11,22H,1-3H3,(H,23,24)/b14-11-. The van der Waals surface area contributed by atoms with Gasteiger partial charge in [0, 0.05) is 17.6 Å². The van der Waals surface area contributed by atoms with E-state index < -0.39 is 5.91 Å². The summed E-state index contributed by atoms with van der Waals surface area (Å²) in [5, 5.41) is 15.3. The first-order chi connectivity index (χ1) is 12.0. The number of aryl methyl sites for hydroxylation is 1. The van der Waals surface area contributed by atoms with Crippen molar-refractivity contribution in [3.05, 3.63) is 64.3 Å².